The quantitative estimate of drug-likeness (QED) is 0.730. The van der Waals surface area contributed by atoms with Crippen LogP contribution in [-0.2, 0) is 5.60 Å². The first kappa shape index (κ1) is 10.8. The van der Waals surface area contributed by atoms with Gasteiger partial charge in [0.15, 0.2) is 5.60 Å². The number of rotatable bonds is 1. The average molecular weight is 206 g/mol. The van der Waals surface area contributed by atoms with Crippen LogP contribution in [0.4, 0.5) is 19.0 Å². The highest BCUT2D eigenvalue weighted by molar-refractivity contribution is 5.43. The molecule has 0 aliphatic carbocycles. The van der Waals surface area contributed by atoms with Gasteiger partial charge in [0, 0.05) is 11.8 Å². The van der Waals surface area contributed by atoms with Crippen molar-refractivity contribution in [2.24, 2.45) is 0 Å². The lowest BCUT2D eigenvalue weighted by atomic mass is 9.96. The number of nitrogens with zero attached hydrogens (tertiary/aromatic N) is 1. The fourth-order valence-corrected chi connectivity index (χ4v) is 0.982. The number of anilines is 1. The van der Waals surface area contributed by atoms with Gasteiger partial charge in [-0.25, -0.2) is 4.98 Å². The number of pyridine rings is 1. The molecule has 1 rings (SSSR count). The maximum atomic E-state index is 12.4. The van der Waals surface area contributed by atoms with Crippen LogP contribution in [0, 0.1) is 0 Å². The van der Waals surface area contributed by atoms with Gasteiger partial charge >= 0.3 is 6.18 Å². The molecule has 1 atom stereocenters. The molecule has 0 radical (unpaired) electrons. The Kier molecular flexibility index (Phi) is 2.41. The predicted molar refractivity (Wildman–Crippen MR) is 44.3 cm³/mol. The van der Waals surface area contributed by atoms with E-state index in [-0.39, 0.29) is 5.82 Å². The van der Waals surface area contributed by atoms with Gasteiger partial charge in [-0.1, -0.05) is 6.07 Å². The molecule has 0 spiro atoms. The van der Waals surface area contributed by atoms with E-state index in [4.69, 9.17) is 5.73 Å². The molecule has 14 heavy (non-hydrogen) atoms. The van der Waals surface area contributed by atoms with Crippen molar-refractivity contribution in [2.75, 3.05) is 5.73 Å². The fraction of sp³-hybridized carbons (Fsp3) is 0.375. The molecule has 0 unspecified atom stereocenters. The van der Waals surface area contributed by atoms with Gasteiger partial charge in [0.1, 0.15) is 5.82 Å². The van der Waals surface area contributed by atoms with E-state index in [2.05, 4.69) is 4.98 Å². The van der Waals surface area contributed by atoms with Gasteiger partial charge in [0.2, 0.25) is 0 Å². The molecule has 6 heteroatoms. The van der Waals surface area contributed by atoms with Gasteiger partial charge in [-0.3, -0.25) is 0 Å². The second kappa shape index (κ2) is 3.13. The highest BCUT2D eigenvalue weighted by atomic mass is 19.4. The second-order valence-corrected chi connectivity index (χ2v) is 3.01. The maximum Gasteiger partial charge on any atom is 0.421 e. The number of alkyl halides is 3. The van der Waals surface area contributed by atoms with Crippen molar-refractivity contribution < 1.29 is 18.3 Å². The van der Waals surface area contributed by atoms with E-state index in [1.807, 2.05) is 0 Å². The Balaban J connectivity index is 3.23. The Morgan fingerprint density at radius 3 is 2.43 bits per heavy atom. The lowest BCUT2D eigenvalue weighted by Gasteiger charge is -2.27. The van der Waals surface area contributed by atoms with E-state index in [9.17, 15) is 18.3 Å². The zero-order valence-corrected chi connectivity index (χ0v) is 7.34. The van der Waals surface area contributed by atoms with Gasteiger partial charge in [0.25, 0.3) is 0 Å². The summed E-state index contributed by atoms with van der Waals surface area (Å²) in [7, 11) is 0. The summed E-state index contributed by atoms with van der Waals surface area (Å²) in [5.74, 6) is -0.324. The lowest BCUT2D eigenvalue weighted by Crippen LogP contribution is -2.39. The SMILES string of the molecule is C[C@](O)(c1cccnc1N)C(F)(F)F. The molecule has 0 aliphatic rings. The van der Waals surface area contributed by atoms with Gasteiger partial charge in [-0.15, -0.1) is 0 Å². The molecule has 0 fully saturated rings. The minimum atomic E-state index is -4.77. The Labute approximate surface area is 78.4 Å². The Morgan fingerprint density at radius 1 is 1.43 bits per heavy atom. The molecular weight excluding hydrogens is 197 g/mol. The zero-order valence-electron chi connectivity index (χ0n) is 7.34. The minimum Gasteiger partial charge on any atom is -0.383 e. The molecule has 0 aliphatic heterocycles. The van der Waals surface area contributed by atoms with Crippen LogP contribution in [-0.4, -0.2) is 16.3 Å². The number of nitrogens with two attached hydrogens (primary N) is 1. The highest BCUT2D eigenvalue weighted by Gasteiger charge is 2.52. The van der Waals surface area contributed by atoms with Gasteiger partial charge in [-0.05, 0) is 13.0 Å². The van der Waals surface area contributed by atoms with Crippen LogP contribution in [0.25, 0.3) is 0 Å². The molecule has 0 saturated heterocycles. The first-order chi connectivity index (χ1) is 6.27. The van der Waals surface area contributed by atoms with Crippen LogP contribution < -0.4 is 5.73 Å². The molecule has 3 nitrogen and oxygen atoms in total. The van der Waals surface area contributed by atoms with Crippen molar-refractivity contribution in [3.05, 3.63) is 23.9 Å². The molecule has 0 saturated carbocycles. The smallest absolute Gasteiger partial charge is 0.383 e. The molecule has 3 N–H and O–H groups in total. The molecule has 1 aromatic heterocycles. The van der Waals surface area contributed by atoms with Crippen LogP contribution in [0.2, 0.25) is 0 Å². The van der Waals surface area contributed by atoms with E-state index in [1.54, 1.807) is 0 Å². The molecule has 1 aromatic rings. The van der Waals surface area contributed by atoms with E-state index in [1.165, 1.54) is 12.3 Å². The second-order valence-electron chi connectivity index (χ2n) is 3.01. The first-order valence-corrected chi connectivity index (χ1v) is 3.77. The minimum absolute atomic E-state index is 0.324. The maximum absolute atomic E-state index is 12.4. The standard InChI is InChI=1S/C8H9F3N2O/c1-7(14,8(9,10)11)5-3-2-4-13-6(5)12/h2-4,14H,1H3,(H2,12,13)/t7-/m0/s1. The summed E-state index contributed by atoms with van der Waals surface area (Å²) >= 11 is 0. The Bertz CT molecular complexity index is 336. The summed E-state index contributed by atoms with van der Waals surface area (Å²) in [4.78, 5) is 3.48. The number of aromatic nitrogens is 1. The summed E-state index contributed by atoms with van der Waals surface area (Å²) in [6.45, 7) is 0.639. The number of nitrogen functional groups attached to an aromatic ring is 1. The Hall–Kier alpha value is -1.30. The topological polar surface area (TPSA) is 59.1 Å². The third-order valence-corrected chi connectivity index (χ3v) is 1.91. The average Bonchev–Trinajstić information content (AvgIpc) is 2.02. The summed E-state index contributed by atoms with van der Waals surface area (Å²) in [5, 5.41) is 9.26. The zero-order chi connectivity index (χ0) is 11.0. The van der Waals surface area contributed by atoms with Crippen molar-refractivity contribution in [3.63, 3.8) is 0 Å². The first-order valence-electron chi connectivity index (χ1n) is 3.77. The van der Waals surface area contributed by atoms with Gasteiger partial charge in [-0.2, -0.15) is 13.2 Å². The van der Waals surface area contributed by atoms with Crippen molar-refractivity contribution in [2.45, 2.75) is 18.7 Å². The number of hydrogen-bond donors (Lipinski definition) is 2. The molecule has 0 bridgehead atoms. The molecule has 0 aromatic carbocycles. The van der Waals surface area contributed by atoms with Crippen molar-refractivity contribution >= 4 is 5.82 Å². The molecule has 0 amide bonds. The third-order valence-electron chi connectivity index (χ3n) is 1.91. The predicted octanol–water partition coefficient (Wildman–Crippen LogP) is 1.43. The van der Waals surface area contributed by atoms with Crippen molar-refractivity contribution in [1.29, 1.82) is 0 Å². The van der Waals surface area contributed by atoms with Crippen LogP contribution in [0.5, 0.6) is 0 Å². The van der Waals surface area contributed by atoms with E-state index in [0.29, 0.717) is 6.92 Å². The molecular formula is C8H9F3N2O. The van der Waals surface area contributed by atoms with Crippen molar-refractivity contribution in [3.8, 4) is 0 Å². The number of aliphatic hydroxyl groups is 1. The largest absolute Gasteiger partial charge is 0.421 e. The summed E-state index contributed by atoms with van der Waals surface area (Å²) < 4.78 is 37.1. The number of halogens is 3. The summed E-state index contributed by atoms with van der Waals surface area (Å²) in [6, 6.07) is 2.38. The molecule has 78 valence electrons. The lowest BCUT2D eigenvalue weighted by molar-refractivity contribution is -0.258. The van der Waals surface area contributed by atoms with Crippen LogP contribution in [0.15, 0.2) is 18.3 Å². The Morgan fingerprint density at radius 2 is 2.00 bits per heavy atom. The van der Waals surface area contributed by atoms with E-state index >= 15 is 0 Å². The fourth-order valence-electron chi connectivity index (χ4n) is 0.982. The van der Waals surface area contributed by atoms with Gasteiger partial charge in [0.05, 0.1) is 0 Å². The van der Waals surface area contributed by atoms with Crippen LogP contribution >= 0.6 is 0 Å². The van der Waals surface area contributed by atoms with Crippen molar-refractivity contribution in [1.82, 2.24) is 4.98 Å². The van der Waals surface area contributed by atoms with Gasteiger partial charge < -0.3 is 10.8 Å². The van der Waals surface area contributed by atoms with E-state index in [0.717, 1.165) is 6.07 Å². The highest BCUT2D eigenvalue weighted by Crippen LogP contribution is 2.39. The third kappa shape index (κ3) is 1.65. The van der Waals surface area contributed by atoms with Crippen LogP contribution in [0.1, 0.15) is 12.5 Å². The normalized spacial score (nSPS) is 16.4. The molecule has 1 heterocycles. The summed E-state index contributed by atoms with van der Waals surface area (Å²) in [5.41, 5.74) is 1.83. The monoisotopic (exact) mass is 206 g/mol. The van der Waals surface area contributed by atoms with E-state index < -0.39 is 17.3 Å². The summed E-state index contributed by atoms with van der Waals surface area (Å²) in [6.07, 6.45) is -3.52. The number of hydrogen-bond acceptors (Lipinski definition) is 3. The van der Waals surface area contributed by atoms with Crippen LogP contribution in [0.3, 0.4) is 0 Å².